The molecule has 0 radical (unpaired) electrons. The fourth-order valence-electron chi connectivity index (χ4n) is 4.14. The first kappa shape index (κ1) is 20.3. The summed E-state index contributed by atoms with van der Waals surface area (Å²) in [6, 6.07) is 6.49. The largest absolute Gasteiger partial charge is 0.324 e. The van der Waals surface area contributed by atoms with E-state index in [0.717, 1.165) is 44.0 Å². The Morgan fingerprint density at radius 3 is 2.72 bits per heavy atom. The number of piperidine rings is 1. The summed E-state index contributed by atoms with van der Waals surface area (Å²) in [5.74, 6) is 1.54. The molecular weight excluding hydrogens is 332 g/mol. The number of nitrogens with zero attached hydrogens (tertiary/aromatic N) is 1. The van der Waals surface area contributed by atoms with Gasteiger partial charge in [-0.05, 0) is 75.1 Å². The molecule has 1 aliphatic heterocycles. The van der Waals surface area contributed by atoms with Crippen LogP contribution in [0.4, 0.5) is 5.69 Å². The van der Waals surface area contributed by atoms with Gasteiger partial charge in [-0.15, -0.1) is 12.4 Å². The number of halogens is 1. The summed E-state index contributed by atoms with van der Waals surface area (Å²) in [5, 5.41) is 3.32. The minimum atomic E-state index is 0. The van der Waals surface area contributed by atoms with Crippen LogP contribution in [0.2, 0.25) is 0 Å². The summed E-state index contributed by atoms with van der Waals surface area (Å²) in [7, 11) is 0. The predicted molar refractivity (Wildman–Crippen MR) is 108 cm³/mol. The summed E-state index contributed by atoms with van der Waals surface area (Å²) in [6.07, 6.45) is 7.14. The molecule has 25 heavy (non-hydrogen) atoms. The van der Waals surface area contributed by atoms with E-state index in [1.165, 1.54) is 30.4 Å². The van der Waals surface area contributed by atoms with Gasteiger partial charge in [0.05, 0.1) is 6.04 Å². The summed E-state index contributed by atoms with van der Waals surface area (Å²) >= 11 is 0. The first-order valence-corrected chi connectivity index (χ1v) is 9.76. The van der Waals surface area contributed by atoms with E-state index in [2.05, 4.69) is 49.2 Å². The zero-order chi connectivity index (χ0) is 17.1. The Morgan fingerprint density at radius 2 is 2.04 bits per heavy atom. The van der Waals surface area contributed by atoms with Gasteiger partial charge in [0.2, 0.25) is 5.91 Å². The van der Waals surface area contributed by atoms with Crippen LogP contribution in [0.5, 0.6) is 0 Å². The topological polar surface area (TPSA) is 32.3 Å². The fraction of sp³-hybridized carbons (Fsp3) is 0.667. The van der Waals surface area contributed by atoms with Crippen LogP contribution in [-0.2, 0) is 4.79 Å². The maximum atomic E-state index is 13.0. The quantitative estimate of drug-likeness (QED) is 0.758. The Hall–Kier alpha value is -1.06. The Balaban J connectivity index is 0.00000225. The second kappa shape index (κ2) is 9.05. The maximum absolute atomic E-state index is 13.0. The normalized spacial score (nSPS) is 22.1. The number of rotatable bonds is 6. The molecule has 0 aromatic heterocycles. The van der Waals surface area contributed by atoms with Crippen molar-refractivity contribution in [3.8, 4) is 0 Å². The molecule has 140 valence electrons. The lowest BCUT2D eigenvalue weighted by Crippen LogP contribution is -2.47. The number of amides is 1. The smallest absolute Gasteiger partial charge is 0.241 e. The molecule has 0 spiro atoms. The molecule has 1 saturated carbocycles. The highest BCUT2D eigenvalue weighted by Gasteiger charge is 2.32. The van der Waals surface area contributed by atoms with Crippen molar-refractivity contribution in [2.75, 3.05) is 18.4 Å². The highest BCUT2D eigenvalue weighted by atomic mass is 35.5. The molecule has 3 nitrogen and oxygen atoms in total. The molecule has 1 amide bonds. The minimum Gasteiger partial charge on any atom is -0.324 e. The van der Waals surface area contributed by atoms with Crippen LogP contribution in [0.1, 0.15) is 69.4 Å². The van der Waals surface area contributed by atoms with Crippen molar-refractivity contribution in [3.05, 3.63) is 29.3 Å². The lowest BCUT2D eigenvalue weighted by Gasteiger charge is -2.34. The van der Waals surface area contributed by atoms with E-state index < -0.39 is 0 Å². The van der Waals surface area contributed by atoms with Crippen LogP contribution in [0, 0.1) is 12.8 Å². The molecule has 3 rings (SSSR count). The van der Waals surface area contributed by atoms with Gasteiger partial charge >= 0.3 is 0 Å². The number of aryl methyl sites for hydroxylation is 1. The van der Waals surface area contributed by atoms with E-state index in [9.17, 15) is 4.79 Å². The summed E-state index contributed by atoms with van der Waals surface area (Å²) in [4.78, 5) is 15.4. The lowest BCUT2D eigenvalue weighted by atomic mass is 9.92. The molecule has 1 aliphatic carbocycles. The van der Waals surface area contributed by atoms with E-state index >= 15 is 0 Å². The van der Waals surface area contributed by atoms with Crippen molar-refractivity contribution < 1.29 is 4.79 Å². The van der Waals surface area contributed by atoms with Gasteiger partial charge in [0.1, 0.15) is 0 Å². The van der Waals surface area contributed by atoms with Crippen LogP contribution < -0.4 is 5.32 Å². The van der Waals surface area contributed by atoms with Crippen LogP contribution in [0.3, 0.4) is 0 Å². The molecule has 0 bridgehead atoms. The Kier molecular flexibility index (Phi) is 7.33. The second-order valence-electron chi connectivity index (χ2n) is 7.70. The molecule has 1 saturated heterocycles. The third-order valence-electron chi connectivity index (χ3n) is 5.80. The lowest BCUT2D eigenvalue weighted by molar-refractivity contribution is -0.122. The van der Waals surface area contributed by atoms with Gasteiger partial charge in [-0.25, -0.2) is 0 Å². The standard InChI is InChI=1S/C21H32N2O.ClH/c1-4-13-23-14-6-5-10-19(23)21(24)22-20-15(2)8-7-9-18(20)16(3)17-11-12-17;/h7-9,16-17,19H,4-6,10-14H2,1-3H3,(H,22,24);1H/t16?,19-;/m0./s1. The number of para-hydroxylation sites is 1. The van der Waals surface area contributed by atoms with Crippen LogP contribution in [0.25, 0.3) is 0 Å². The van der Waals surface area contributed by atoms with Crippen LogP contribution in [-0.4, -0.2) is 29.9 Å². The predicted octanol–water partition coefficient (Wildman–Crippen LogP) is 5.13. The second-order valence-corrected chi connectivity index (χ2v) is 7.70. The van der Waals surface area contributed by atoms with Crippen LogP contribution >= 0.6 is 12.4 Å². The Labute approximate surface area is 159 Å². The van der Waals surface area contributed by atoms with Gasteiger partial charge < -0.3 is 5.32 Å². The van der Waals surface area contributed by atoms with Crippen molar-refractivity contribution in [1.29, 1.82) is 0 Å². The van der Waals surface area contributed by atoms with Gasteiger partial charge in [-0.2, -0.15) is 0 Å². The van der Waals surface area contributed by atoms with E-state index in [1.807, 2.05) is 0 Å². The van der Waals surface area contributed by atoms with Crippen LogP contribution in [0.15, 0.2) is 18.2 Å². The molecule has 1 aromatic rings. The summed E-state index contributed by atoms with van der Waals surface area (Å²) < 4.78 is 0. The number of anilines is 1. The van der Waals surface area contributed by atoms with Crippen molar-refractivity contribution >= 4 is 24.0 Å². The molecule has 1 heterocycles. The molecule has 2 atom stereocenters. The summed E-state index contributed by atoms with van der Waals surface area (Å²) in [6.45, 7) is 8.71. The maximum Gasteiger partial charge on any atom is 0.241 e. The molecule has 2 fully saturated rings. The molecular formula is C21H33ClN2O. The van der Waals surface area contributed by atoms with E-state index in [1.54, 1.807) is 0 Å². The van der Waals surface area contributed by atoms with E-state index in [4.69, 9.17) is 0 Å². The number of hydrogen-bond donors (Lipinski definition) is 1. The zero-order valence-corrected chi connectivity index (χ0v) is 16.7. The Bertz CT molecular complexity index is 583. The van der Waals surface area contributed by atoms with Gasteiger partial charge in [0.15, 0.2) is 0 Å². The average molecular weight is 365 g/mol. The molecule has 2 aliphatic rings. The highest BCUT2D eigenvalue weighted by molar-refractivity contribution is 5.96. The van der Waals surface area contributed by atoms with E-state index in [-0.39, 0.29) is 24.4 Å². The number of benzene rings is 1. The average Bonchev–Trinajstić information content (AvgIpc) is 3.42. The fourth-order valence-corrected chi connectivity index (χ4v) is 4.14. The molecule has 1 aromatic carbocycles. The minimum absolute atomic E-state index is 0. The molecule has 4 heteroatoms. The Morgan fingerprint density at radius 1 is 1.28 bits per heavy atom. The van der Waals surface area contributed by atoms with Crippen molar-refractivity contribution in [3.63, 3.8) is 0 Å². The van der Waals surface area contributed by atoms with Crippen molar-refractivity contribution in [2.24, 2.45) is 5.92 Å². The molecule has 1 N–H and O–H groups in total. The SMILES string of the molecule is CCCN1CCCC[C@H]1C(=O)Nc1c(C)cccc1C(C)C1CC1.Cl. The first-order valence-electron chi connectivity index (χ1n) is 9.76. The van der Waals surface area contributed by atoms with Gasteiger partial charge in [0.25, 0.3) is 0 Å². The zero-order valence-electron chi connectivity index (χ0n) is 15.9. The van der Waals surface area contributed by atoms with Gasteiger partial charge in [0, 0.05) is 5.69 Å². The van der Waals surface area contributed by atoms with Crippen molar-refractivity contribution in [2.45, 2.75) is 71.3 Å². The third-order valence-corrected chi connectivity index (χ3v) is 5.80. The first-order chi connectivity index (χ1) is 11.6. The van der Waals surface area contributed by atoms with Crippen molar-refractivity contribution in [1.82, 2.24) is 4.90 Å². The number of nitrogens with one attached hydrogen (secondary N) is 1. The number of likely N-dealkylation sites (tertiary alicyclic amines) is 1. The molecule has 1 unspecified atom stereocenters. The summed E-state index contributed by atoms with van der Waals surface area (Å²) in [5.41, 5.74) is 3.58. The number of carbonyl (C=O) groups is 1. The van der Waals surface area contributed by atoms with E-state index in [0.29, 0.717) is 5.92 Å². The monoisotopic (exact) mass is 364 g/mol. The number of carbonyl (C=O) groups excluding carboxylic acids is 1. The van der Waals surface area contributed by atoms with Gasteiger partial charge in [-0.3, -0.25) is 9.69 Å². The number of hydrogen-bond acceptors (Lipinski definition) is 2. The van der Waals surface area contributed by atoms with Gasteiger partial charge in [-0.1, -0.05) is 38.5 Å². The third kappa shape index (κ3) is 4.77. The highest BCUT2D eigenvalue weighted by Crippen LogP contribution is 2.44.